The predicted molar refractivity (Wildman–Crippen MR) is 78.1 cm³/mol. The molecule has 0 saturated heterocycles. The van der Waals surface area contributed by atoms with Gasteiger partial charge in [-0.15, -0.1) is 0 Å². The average Bonchev–Trinajstić information content (AvgIpc) is 2.43. The van der Waals surface area contributed by atoms with Crippen molar-refractivity contribution in [3.8, 4) is 0 Å². The molecule has 0 rings (SSSR count). The molecule has 0 saturated carbocycles. The lowest BCUT2D eigenvalue weighted by atomic mass is 10.1. The third-order valence-corrected chi connectivity index (χ3v) is 3.07. The first-order chi connectivity index (χ1) is 9.72. The van der Waals surface area contributed by atoms with Crippen LogP contribution < -0.4 is 0 Å². The van der Waals surface area contributed by atoms with Crippen LogP contribution in [0.1, 0.15) is 51.9 Å². The fourth-order valence-corrected chi connectivity index (χ4v) is 1.88. The highest BCUT2D eigenvalue weighted by Gasteiger charge is 2.17. The van der Waals surface area contributed by atoms with Crippen LogP contribution in [-0.4, -0.2) is 50.7 Å². The second-order valence-electron chi connectivity index (χ2n) is 4.86. The summed E-state index contributed by atoms with van der Waals surface area (Å²) in [5, 5.41) is 9.07. The Hall–Kier alpha value is -0.650. The van der Waals surface area contributed by atoms with Gasteiger partial charge in [0.2, 0.25) is 0 Å². The zero-order chi connectivity index (χ0) is 15.1. The molecule has 0 aliphatic rings. The molecular weight excluding hydrogens is 260 g/mol. The van der Waals surface area contributed by atoms with E-state index in [1.807, 2.05) is 0 Å². The standard InChI is InChI=1S/C15H30O5/c1-3-4-5-6-7-8-9-14(15(16)17)20-13-12-19-11-10-18-2/h14H,3-13H2,1-2H3,(H,16,17). The maximum Gasteiger partial charge on any atom is 0.332 e. The van der Waals surface area contributed by atoms with E-state index in [1.165, 1.54) is 25.7 Å². The molecule has 0 aromatic carbocycles. The smallest absolute Gasteiger partial charge is 0.332 e. The Morgan fingerprint density at radius 2 is 1.65 bits per heavy atom. The molecule has 0 bridgehead atoms. The summed E-state index contributed by atoms with van der Waals surface area (Å²) >= 11 is 0. The molecule has 20 heavy (non-hydrogen) atoms. The SMILES string of the molecule is CCCCCCCCC(OCCOCCOC)C(=O)O. The van der Waals surface area contributed by atoms with E-state index >= 15 is 0 Å². The maximum atomic E-state index is 11.0. The first kappa shape index (κ1) is 19.4. The van der Waals surface area contributed by atoms with E-state index in [4.69, 9.17) is 19.3 Å². The number of hydrogen-bond donors (Lipinski definition) is 1. The molecule has 1 unspecified atom stereocenters. The molecule has 5 heteroatoms. The first-order valence-electron chi connectivity index (χ1n) is 7.63. The Morgan fingerprint density at radius 3 is 2.30 bits per heavy atom. The van der Waals surface area contributed by atoms with E-state index in [2.05, 4.69) is 6.92 Å². The molecule has 0 heterocycles. The summed E-state index contributed by atoms with van der Waals surface area (Å²) < 4.78 is 15.4. The van der Waals surface area contributed by atoms with Crippen molar-refractivity contribution in [2.45, 2.75) is 58.0 Å². The molecule has 120 valence electrons. The molecule has 1 N–H and O–H groups in total. The largest absolute Gasteiger partial charge is 0.479 e. The van der Waals surface area contributed by atoms with Crippen LogP contribution in [0.3, 0.4) is 0 Å². The van der Waals surface area contributed by atoms with Crippen molar-refractivity contribution in [2.24, 2.45) is 0 Å². The Balaban J connectivity index is 3.53. The number of unbranched alkanes of at least 4 members (excludes halogenated alkanes) is 5. The number of ether oxygens (including phenoxy) is 3. The van der Waals surface area contributed by atoms with Gasteiger partial charge in [-0.1, -0.05) is 45.4 Å². The number of carboxylic acid groups (broad SMARTS) is 1. The molecule has 0 aromatic heterocycles. The molecular formula is C15H30O5. The highest BCUT2D eigenvalue weighted by Crippen LogP contribution is 2.10. The lowest BCUT2D eigenvalue weighted by Crippen LogP contribution is -2.25. The highest BCUT2D eigenvalue weighted by atomic mass is 16.6. The van der Waals surface area contributed by atoms with Gasteiger partial charge < -0.3 is 19.3 Å². The molecule has 0 aromatic rings. The minimum absolute atomic E-state index is 0.316. The fourth-order valence-electron chi connectivity index (χ4n) is 1.88. The zero-order valence-corrected chi connectivity index (χ0v) is 12.9. The van der Waals surface area contributed by atoms with Gasteiger partial charge in [-0.05, 0) is 6.42 Å². The summed E-state index contributed by atoms with van der Waals surface area (Å²) in [6.45, 7) is 3.96. The van der Waals surface area contributed by atoms with Gasteiger partial charge in [0.25, 0.3) is 0 Å². The van der Waals surface area contributed by atoms with Crippen molar-refractivity contribution in [1.82, 2.24) is 0 Å². The van der Waals surface area contributed by atoms with Crippen molar-refractivity contribution >= 4 is 5.97 Å². The second-order valence-corrected chi connectivity index (χ2v) is 4.86. The Kier molecular flexibility index (Phi) is 14.3. The van der Waals surface area contributed by atoms with Crippen LogP contribution in [0.25, 0.3) is 0 Å². The van der Waals surface area contributed by atoms with Crippen LogP contribution in [0.15, 0.2) is 0 Å². The van der Waals surface area contributed by atoms with Crippen molar-refractivity contribution in [3.05, 3.63) is 0 Å². The third-order valence-electron chi connectivity index (χ3n) is 3.07. The fraction of sp³-hybridized carbons (Fsp3) is 0.933. The molecule has 0 spiro atoms. The Morgan fingerprint density at radius 1 is 1.00 bits per heavy atom. The summed E-state index contributed by atoms with van der Waals surface area (Å²) in [6.07, 6.45) is 6.78. The highest BCUT2D eigenvalue weighted by molar-refractivity contribution is 5.72. The summed E-state index contributed by atoms with van der Waals surface area (Å²) in [5.74, 6) is -0.879. The molecule has 0 aliphatic heterocycles. The molecule has 0 fully saturated rings. The van der Waals surface area contributed by atoms with Crippen LogP contribution in [0.2, 0.25) is 0 Å². The topological polar surface area (TPSA) is 65.0 Å². The minimum Gasteiger partial charge on any atom is -0.479 e. The van der Waals surface area contributed by atoms with Gasteiger partial charge >= 0.3 is 5.97 Å². The van der Waals surface area contributed by atoms with Crippen molar-refractivity contribution < 1.29 is 24.1 Å². The number of methoxy groups -OCH3 is 1. The van der Waals surface area contributed by atoms with E-state index in [9.17, 15) is 4.79 Å². The number of carbonyl (C=O) groups is 1. The zero-order valence-electron chi connectivity index (χ0n) is 12.9. The average molecular weight is 290 g/mol. The summed E-state index contributed by atoms with van der Waals surface area (Å²) in [6, 6.07) is 0. The van der Waals surface area contributed by atoms with E-state index in [-0.39, 0.29) is 0 Å². The van der Waals surface area contributed by atoms with Crippen LogP contribution >= 0.6 is 0 Å². The lowest BCUT2D eigenvalue weighted by molar-refractivity contribution is -0.152. The van der Waals surface area contributed by atoms with Gasteiger partial charge in [-0.3, -0.25) is 0 Å². The van der Waals surface area contributed by atoms with Crippen LogP contribution in [0, 0.1) is 0 Å². The Bertz CT molecular complexity index is 204. The van der Waals surface area contributed by atoms with Gasteiger partial charge in [0.1, 0.15) is 0 Å². The Labute approximate surface area is 122 Å². The molecule has 0 radical (unpaired) electrons. The van der Waals surface area contributed by atoms with Crippen molar-refractivity contribution in [1.29, 1.82) is 0 Å². The number of aliphatic carboxylic acids is 1. The predicted octanol–water partition coefficient (Wildman–Crippen LogP) is 2.87. The molecule has 1 atom stereocenters. The summed E-state index contributed by atoms with van der Waals surface area (Å²) in [4.78, 5) is 11.0. The van der Waals surface area contributed by atoms with Gasteiger partial charge in [-0.25, -0.2) is 4.79 Å². The second kappa shape index (κ2) is 14.8. The maximum absolute atomic E-state index is 11.0. The summed E-state index contributed by atoms with van der Waals surface area (Å²) in [5.41, 5.74) is 0. The van der Waals surface area contributed by atoms with Crippen molar-refractivity contribution in [2.75, 3.05) is 33.5 Å². The van der Waals surface area contributed by atoms with E-state index in [0.29, 0.717) is 32.8 Å². The van der Waals surface area contributed by atoms with E-state index in [1.54, 1.807) is 7.11 Å². The molecule has 5 nitrogen and oxygen atoms in total. The van der Waals surface area contributed by atoms with Gasteiger partial charge in [0.05, 0.1) is 26.4 Å². The third kappa shape index (κ3) is 12.4. The normalized spacial score (nSPS) is 12.5. The van der Waals surface area contributed by atoms with Crippen LogP contribution in [0.4, 0.5) is 0 Å². The van der Waals surface area contributed by atoms with Gasteiger partial charge in [0, 0.05) is 7.11 Å². The lowest BCUT2D eigenvalue weighted by Gasteiger charge is -2.13. The molecule has 0 amide bonds. The monoisotopic (exact) mass is 290 g/mol. The van der Waals surface area contributed by atoms with Gasteiger partial charge in [0.15, 0.2) is 6.10 Å². The quantitative estimate of drug-likeness (QED) is 0.470. The summed E-state index contributed by atoms with van der Waals surface area (Å²) in [7, 11) is 1.61. The van der Waals surface area contributed by atoms with Gasteiger partial charge in [-0.2, -0.15) is 0 Å². The van der Waals surface area contributed by atoms with E-state index in [0.717, 1.165) is 12.8 Å². The first-order valence-corrected chi connectivity index (χ1v) is 7.63. The number of rotatable bonds is 15. The van der Waals surface area contributed by atoms with E-state index < -0.39 is 12.1 Å². The van der Waals surface area contributed by atoms with Crippen molar-refractivity contribution in [3.63, 3.8) is 0 Å². The van der Waals surface area contributed by atoms with Crippen LogP contribution in [0.5, 0.6) is 0 Å². The molecule has 0 aliphatic carbocycles. The minimum atomic E-state index is -0.879. The number of carboxylic acids is 1. The van der Waals surface area contributed by atoms with Crippen LogP contribution in [-0.2, 0) is 19.0 Å². The number of hydrogen-bond acceptors (Lipinski definition) is 4.